The van der Waals surface area contributed by atoms with Crippen LogP contribution in [0.5, 0.6) is 5.75 Å². The summed E-state index contributed by atoms with van der Waals surface area (Å²) in [5, 5.41) is 10.1. The Morgan fingerprint density at radius 3 is 2.88 bits per heavy atom. The number of aromatic hydroxyl groups is 1. The summed E-state index contributed by atoms with van der Waals surface area (Å²) in [7, 11) is 0. The molecule has 1 aromatic rings. The summed E-state index contributed by atoms with van der Waals surface area (Å²) in [6.45, 7) is 7.63. The lowest BCUT2D eigenvalue weighted by atomic mass is 10.0. The maximum Gasteiger partial charge on any atom is 0.120 e. The van der Waals surface area contributed by atoms with Gasteiger partial charge in [-0.25, -0.2) is 0 Å². The first-order chi connectivity index (χ1) is 8.13. The van der Waals surface area contributed by atoms with Crippen LogP contribution >= 0.6 is 0 Å². The minimum absolute atomic E-state index is 0.322. The minimum atomic E-state index is 0.322. The highest BCUT2D eigenvalue weighted by atomic mass is 16.3. The van der Waals surface area contributed by atoms with Gasteiger partial charge in [-0.15, -0.1) is 0 Å². The van der Waals surface area contributed by atoms with Gasteiger partial charge in [0.25, 0.3) is 0 Å². The van der Waals surface area contributed by atoms with Crippen LogP contribution in [0.15, 0.2) is 18.2 Å². The van der Waals surface area contributed by atoms with Crippen molar-refractivity contribution < 1.29 is 5.11 Å². The maximum absolute atomic E-state index is 10.1. The second kappa shape index (κ2) is 5.09. The molecule has 1 fully saturated rings. The lowest BCUT2D eigenvalue weighted by Gasteiger charge is -2.30. The SMILES string of the molecule is CCC1CCCN1C(C)c1ccc(C)cc1O. The molecule has 2 heteroatoms. The van der Waals surface area contributed by atoms with Gasteiger partial charge in [-0.2, -0.15) is 0 Å². The normalized spacial score (nSPS) is 22.9. The van der Waals surface area contributed by atoms with E-state index in [-0.39, 0.29) is 0 Å². The fraction of sp³-hybridized carbons (Fsp3) is 0.600. The summed E-state index contributed by atoms with van der Waals surface area (Å²) < 4.78 is 0. The van der Waals surface area contributed by atoms with E-state index < -0.39 is 0 Å². The molecule has 0 radical (unpaired) electrons. The molecule has 94 valence electrons. The molecule has 1 aliphatic rings. The van der Waals surface area contributed by atoms with Gasteiger partial charge < -0.3 is 5.11 Å². The maximum atomic E-state index is 10.1. The topological polar surface area (TPSA) is 23.5 Å². The summed E-state index contributed by atoms with van der Waals surface area (Å²) in [4.78, 5) is 2.53. The van der Waals surface area contributed by atoms with Crippen LogP contribution in [0.3, 0.4) is 0 Å². The summed E-state index contributed by atoms with van der Waals surface area (Å²) in [5.41, 5.74) is 2.18. The van der Waals surface area contributed by atoms with Gasteiger partial charge >= 0.3 is 0 Å². The van der Waals surface area contributed by atoms with E-state index in [2.05, 4.69) is 30.9 Å². The zero-order chi connectivity index (χ0) is 12.4. The van der Waals surface area contributed by atoms with E-state index in [0.717, 1.165) is 17.7 Å². The average molecular weight is 233 g/mol. The van der Waals surface area contributed by atoms with Crippen LogP contribution in [-0.2, 0) is 0 Å². The summed E-state index contributed by atoms with van der Waals surface area (Å²) in [6, 6.07) is 7.03. The van der Waals surface area contributed by atoms with Crippen molar-refractivity contribution in [3.8, 4) is 5.75 Å². The van der Waals surface area contributed by atoms with Crippen LogP contribution < -0.4 is 0 Å². The largest absolute Gasteiger partial charge is 0.508 e. The molecule has 17 heavy (non-hydrogen) atoms. The first kappa shape index (κ1) is 12.4. The standard InChI is InChI=1S/C15H23NO/c1-4-13-6-5-9-16(13)12(3)14-8-7-11(2)10-15(14)17/h7-8,10,12-13,17H,4-6,9H2,1-3H3. The van der Waals surface area contributed by atoms with Crippen LogP contribution in [0.1, 0.15) is 50.3 Å². The van der Waals surface area contributed by atoms with Gasteiger partial charge in [0.2, 0.25) is 0 Å². The van der Waals surface area contributed by atoms with Crippen LogP contribution in [0.4, 0.5) is 0 Å². The third-order valence-electron chi connectivity index (χ3n) is 4.03. The van der Waals surface area contributed by atoms with Gasteiger partial charge in [-0.1, -0.05) is 19.1 Å². The fourth-order valence-electron chi connectivity index (χ4n) is 2.99. The molecule has 1 saturated heterocycles. The van der Waals surface area contributed by atoms with E-state index in [1.165, 1.54) is 19.3 Å². The molecule has 0 bridgehead atoms. The van der Waals surface area contributed by atoms with E-state index in [1.807, 2.05) is 13.0 Å². The Kier molecular flexibility index (Phi) is 3.72. The predicted molar refractivity (Wildman–Crippen MR) is 71.3 cm³/mol. The first-order valence-corrected chi connectivity index (χ1v) is 6.68. The third-order valence-corrected chi connectivity index (χ3v) is 4.03. The van der Waals surface area contributed by atoms with Crippen molar-refractivity contribution in [1.82, 2.24) is 4.90 Å². The van der Waals surface area contributed by atoms with Gasteiger partial charge in [0.15, 0.2) is 0 Å². The van der Waals surface area contributed by atoms with E-state index in [4.69, 9.17) is 0 Å². The number of likely N-dealkylation sites (tertiary alicyclic amines) is 1. The molecule has 2 rings (SSSR count). The molecule has 1 aliphatic heterocycles. The second-order valence-corrected chi connectivity index (χ2v) is 5.18. The van der Waals surface area contributed by atoms with Gasteiger partial charge in [-0.3, -0.25) is 4.90 Å². The molecule has 1 heterocycles. The number of aryl methyl sites for hydroxylation is 1. The molecule has 0 aromatic heterocycles. The lowest BCUT2D eigenvalue weighted by molar-refractivity contribution is 0.186. The molecule has 0 saturated carbocycles. The fourth-order valence-corrected chi connectivity index (χ4v) is 2.99. The van der Waals surface area contributed by atoms with Crippen molar-refractivity contribution in [2.24, 2.45) is 0 Å². The monoisotopic (exact) mass is 233 g/mol. The third kappa shape index (κ3) is 2.47. The highest BCUT2D eigenvalue weighted by Gasteiger charge is 2.28. The van der Waals surface area contributed by atoms with E-state index >= 15 is 0 Å². The molecule has 2 nitrogen and oxygen atoms in total. The Bertz CT molecular complexity index is 389. The number of hydrogen-bond acceptors (Lipinski definition) is 2. The molecule has 1 N–H and O–H groups in total. The Morgan fingerprint density at radius 2 is 2.24 bits per heavy atom. The Labute approximate surface area is 104 Å². The van der Waals surface area contributed by atoms with E-state index in [0.29, 0.717) is 17.8 Å². The van der Waals surface area contributed by atoms with Crippen molar-refractivity contribution in [3.05, 3.63) is 29.3 Å². The van der Waals surface area contributed by atoms with Gasteiger partial charge in [0.05, 0.1) is 0 Å². The molecular weight excluding hydrogens is 210 g/mol. The molecule has 0 spiro atoms. The van der Waals surface area contributed by atoms with Crippen molar-refractivity contribution in [2.45, 2.75) is 52.1 Å². The number of benzene rings is 1. The van der Waals surface area contributed by atoms with Gasteiger partial charge in [0, 0.05) is 17.6 Å². The molecule has 0 amide bonds. The second-order valence-electron chi connectivity index (χ2n) is 5.18. The van der Waals surface area contributed by atoms with Gasteiger partial charge in [-0.05, 0) is 51.3 Å². The molecule has 2 unspecified atom stereocenters. The Morgan fingerprint density at radius 1 is 1.47 bits per heavy atom. The number of phenols is 1. The highest BCUT2D eigenvalue weighted by molar-refractivity contribution is 5.38. The van der Waals surface area contributed by atoms with E-state index in [9.17, 15) is 5.11 Å². The van der Waals surface area contributed by atoms with Gasteiger partial charge in [0.1, 0.15) is 5.75 Å². The Balaban J connectivity index is 2.21. The van der Waals surface area contributed by atoms with Crippen molar-refractivity contribution >= 4 is 0 Å². The summed E-state index contributed by atoms with van der Waals surface area (Å²) in [5.74, 6) is 0.444. The van der Waals surface area contributed by atoms with Crippen LogP contribution in [0.2, 0.25) is 0 Å². The summed E-state index contributed by atoms with van der Waals surface area (Å²) in [6.07, 6.45) is 3.79. The first-order valence-electron chi connectivity index (χ1n) is 6.68. The number of nitrogens with zero attached hydrogens (tertiary/aromatic N) is 1. The average Bonchev–Trinajstić information content (AvgIpc) is 2.76. The van der Waals surface area contributed by atoms with Crippen molar-refractivity contribution in [2.75, 3.05) is 6.54 Å². The zero-order valence-electron chi connectivity index (χ0n) is 11.1. The van der Waals surface area contributed by atoms with Crippen LogP contribution in [0.25, 0.3) is 0 Å². The molecular formula is C15H23NO. The van der Waals surface area contributed by atoms with Crippen LogP contribution in [0, 0.1) is 6.92 Å². The number of rotatable bonds is 3. The highest BCUT2D eigenvalue weighted by Crippen LogP contribution is 2.34. The predicted octanol–water partition coefficient (Wildman–Crippen LogP) is 3.64. The quantitative estimate of drug-likeness (QED) is 0.861. The van der Waals surface area contributed by atoms with E-state index in [1.54, 1.807) is 0 Å². The van der Waals surface area contributed by atoms with Crippen LogP contribution in [-0.4, -0.2) is 22.6 Å². The smallest absolute Gasteiger partial charge is 0.120 e. The minimum Gasteiger partial charge on any atom is -0.508 e. The molecule has 1 aromatic carbocycles. The number of hydrogen-bond donors (Lipinski definition) is 1. The van der Waals surface area contributed by atoms with Crippen molar-refractivity contribution in [3.63, 3.8) is 0 Å². The summed E-state index contributed by atoms with van der Waals surface area (Å²) >= 11 is 0. The Hall–Kier alpha value is -1.02. The number of phenolic OH excluding ortho intramolecular Hbond substituents is 1. The molecule has 2 atom stereocenters. The lowest BCUT2D eigenvalue weighted by Crippen LogP contribution is -2.31. The zero-order valence-corrected chi connectivity index (χ0v) is 11.1. The van der Waals surface area contributed by atoms with Crippen molar-refractivity contribution in [1.29, 1.82) is 0 Å². The molecule has 0 aliphatic carbocycles.